The van der Waals surface area contributed by atoms with Crippen LogP contribution in [0, 0.1) is 34.5 Å². The SMILES string of the molecule is C=C(CCC1=C(C)C2C(CC3C4CC=C5CC(O)CC(OC6OCC(O)C(OC(C)=O)C6OC6OC(C)C(O)C(O)C6O)C5(C)C4CCC32C)O1)COC1OC(CO)C(O)C(O)C1O. The molecule has 362 valence electrons. The van der Waals surface area contributed by atoms with Gasteiger partial charge < -0.3 is 83.9 Å². The van der Waals surface area contributed by atoms with Gasteiger partial charge >= 0.3 is 5.97 Å². The lowest BCUT2D eigenvalue weighted by Crippen LogP contribution is -2.64. The number of aliphatic hydroxyl groups excluding tert-OH is 9. The Balaban J connectivity index is 0.961. The normalized spacial score (nSPS) is 50.1. The van der Waals surface area contributed by atoms with Gasteiger partial charge in [0.05, 0.1) is 43.9 Å². The fourth-order valence-corrected chi connectivity index (χ4v) is 13.0. The second kappa shape index (κ2) is 18.8. The average molecular weight is 911 g/mol. The van der Waals surface area contributed by atoms with E-state index in [0.717, 1.165) is 42.6 Å². The Morgan fingerprint density at radius 2 is 1.61 bits per heavy atom. The van der Waals surface area contributed by atoms with E-state index >= 15 is 0 Å². The summed E-state index contributed by atoms with van der Waals surface area (Å²) in [6.45, 7) is 12.9. The third-order valence-corrected chi connectivity index (χ3v) is 16.5. The summed E-state index contributed by atoms with van der Waals surface area (Å²) in [6.07, 6.45) is -12.5. The summed E-state index contributed by atoms with van der Waals surface area (Å²) in [4.78, 5) is 12.3. The molecular weight excluding hydrogens is 840 g/mol. The van der Waals surface area contributed by atoms with Gasteiger partial charge in [-0.2, -0.15) is 0 Å². The second-order valence-electron chi connectivity index (χ2n) is 20.2. The molecule has 0 aromatic carbocycles. The summed E-state index contributed by atoms with van der Waals surface area (Å²) < 4.78 is 48.6. The van der Waals surface area contributed by atoms with Gasteiger partial charge in [0, 0.05) is 31.1 Å². The zero-order chi connectivity index (χ0) is 46.2. The first-order valence-electron chi connectivity index (χ1n) is 23.1. The van der Waals surface area contributed by atoms with E-state index in [9.17, 15) is 50.8 Å². The fraction of sp³-hybridized carbons (Fsp3) is 0.848. The predicted octanol–water partition coefficient (Wildman–Crippen LogP) is 0.219. The highest BCUT2D eigenvalue weighted by Crippen LogP contribution is 2.69. The summed E-state index contributed by atoms with van der Waals surface area (Å²) in [6, 6.07) is 0. The van der Waals surface area contributed by atoms with Crippen LogP contribution in [0.3, 0.4) is 0 Å². The van der Waals surface area contributed by atoms with Crippen molar-refractivity contribution in [3.8, 4) is 0 Å². The van der Waals surface area contributed by atoms with Gasteiger partial charge in [0.1, 0.15) is 54.9 Å². The fourth-order valence-electron chi connectivity index (χ4n) is 13.0. The smallest absolute Gasteiger partial charge is 0.303 e. The molecule has 4 aliphatic heterocycles. The third kappa shape index (κ3) is 8.55. The quantitative estimate of drug-likeness (QED) is 0.0936. The summed E-state index contributed by atoms with van der Waals surface area (Å²) in [5.74, 6) is 1.28. The Morgan fingerprint density at radius 1 is 0.891 bits per heavy atom. The molecule has 64 heavy (non-hydrogen) atoms. The number of hydrogen-bond acceptors (Lipinski definition) is 18. The summed E-state index contributed by atoms with van der Waals surface area (Å²) in [7, 11) is 0. The zero-order valence-corrected chi connectivity index (χ0v) is 37.4. The minimum atomic E-state index is -1.68. The van der Waals surface area contributed by atoms with Crippen LogP contribution in [0.2, 0.25) is 0 Å². The van der Waals surface area contributed by atoms with Gasteiger partial charge in [-0.05, 0) is 81.1 Å². The highest BCUT2D eigenvalue weighted by atomic mass is 16.8. The van der Waals surface area contributed by atoms with Gasteiger partial charge in [-0.3, -0.25) is 4.79 Å². The molecule has 6 fully saturated rings. The molecule has 8 rings (SSSR count). The molecule has 4 aliphatic carbocycles. The maximum Gasteiger partial charge on any atom is 0.303 e. The molecule has 18 heteroatoms. The van der Waals surface area contributed by atoms with Gasteiger partial charge in [0.25, 0.3) is 0 Å². The minimum absolute atomic E-state index is 0.0127. The molecule has 8 aliphatic rings. The lowest BCUT2D eigenvalue weighted by Gasteiger charge is -2.60. The van der Waals surface area contributed by atoms with Crippen LogP contribution in [0.15, 0.2) is 35.1 Å². The number of hydrogen-bond donors (Lipinski definition) is 9. The Bertz CT molecular complexity index is 1770. The lowest BCUT2D eigenvalue weighted by molar-refractivity contribution is -0.363. The van der Waals surface area contributed by atoms with E-state index in [2.05, 4.69) is 33.4 Å². The van der Waals surface area contributed by atoms with Crippen LogP contribution in [0.5, 0.6) is 0 Å². The molecule has 0 aromatic heterocycles. The van der Waals surface area contributed by atoms with Crippen molar-refractivity contribution in [1.29, 1.82) is 0 Å². The molecule has 9 N–H and O–H groups in total. The van der Waals surface area contributed by atoms with E-state index in [-0.39, 0.29) is 48.9 Å². The Labute approximate surface area is 373 Å². The largest absolute Gasteiger partial charge is 0.494 e. The second-order valence-corrected chi connectivity index (χ2v) is 20.2. The Hall–Kier alpha value is -2.11. The molecule has 23 atom stereocenters. The standard InChI is InChI=1S/C46H70O18/c1-19(17-57-42-38(55)37(54)35(52)31(16-47)62-42)7-10-29-20(2)33-30(61-29)15-27-25-9-8-23-13-24(49)14-32(46(23,6)26(25)11-12-45(27,33)5)63-44-41(40(60-22(4)48)28(50)18-58-44)64-43-39(56)36(53)34(51)21(3)59-43/h8,21,24-28,30-44,47,49-56H,1,7,9-18H2,2-6H3. The topological polar surface area (TPSA) is 273 Å². The van der Waals surface area contributed by atoms with Crippen molar-refractivity contribution in [3.63, 3.8) is 0 Å². The van der Waals surface area contributed by atoms with Crippen molar-refractivity contribution in [3.05, 3.63) is 35.1 Å². The maximum atomic E-state index is 12.3. The van der Waals surface area contributed by atoms with E-state index in [0.29, 0.717) is 25.2 Å². The van der Waals surface area contributed by atoms with E-state index < -0.39 is 116 Å². The molecule has 0 radical (unpaired) electrons. The van der Waals surface area contributed by atoms with Crippen molar-refractivity contribution in [2.24, 2.45) is 34.5 Å². The molecule has 18 nitrogen and oxygen atoms in total. The van der Waals surface area contributed by atoms with Crippen molar-refractivity contribution >= 4 is 5.97 Å². The molecule has 0 aromatic rings. The summed E-state index contributed by atoms with van der Waals surface area (Å²) in [5, 5.41) is 94.2. The van der Waals surface area contributed by atoms with Gasteiger partial charge in [-0.1, -0.05) is 37.6 Å². The zero-order valence-electron chi connectivity index (χ0n) is 37.4. The van der Waals surface area contributed by atoms with Gasteiger partial charge in [0.15, 0.2) is 31.1 Å². The van der Waals surface area contributed by atoms with Crippen molar-refractivity contribution in [2.75, 3.05) is 19.8 Å². The number of rotatable bonds is 12. The molecule has 4 heterocycles. The molecule has 0 amide bonds. The van der Waals surface area contributed by atoms with Crippen molar-refractivity contribution in [1.82, 2.24) is 0 Å². The van der Waals surface area contributed by atoms with Crippen LogP contribution in [0.25, 0.3) is 0 Å². The number of carbonyl (C=O) groups excluding carboxylic acids is 1. The summed E-state index contributed by atoms with van der Waals surface area (Å²) >= 11 is 0. The van der Waals surface area contributed by atoms with Crippen LogP contribution in [-0.2, 0) is 42.7 Å². The average Bonchev–Trinajstić information content (AvgIpc) is 3.74. The van der Waals surface area contributed by atoms with Crippen LogP contribution in [0.1, 0.15) is 86.0 Å². The first kappa shape index (κ1) is 48.4. The van der Waals surface area contributed by atoms with Gasteiger partial charge in [-0.25, -0.2) is 0 Å². The number of aliphatic hydroxyl groups is 9. The van der Waals surface area contributed by atoms with Gasteiger partial charge in [-0.15, -0.1) is 0 Å². The van der Waals surface area contributed by atoms with Crippen molar-refractivity contribution in [2.45, 2.75) is 190 Å². The number of fused-ring (bicyclic) bond motifs is 7. The first-order chi connectivity index (χ1) is 30.3. The number of esters is 1. The Kier molecular flexibility index (Phi) is 14.2. The minimum Gasteiger partial charge on any atom is -0.494 e. The molecule has 0 spiro atoms. The Morgan fingerprint density at radius 3 is 2.33 bits per heavy atom. The van der Waals surface area contributed by atoms with E-state index in [1.54, 1.807) is 0 Å². The van der Waals surface area contributed by atoms with Crippen LogP contribution in [-0.4, -0.2) is 176 Å². The monoisotopic (exact) mass is 910 g/mol. The van der Waals surface area contributed by atoms with Crippen LogP contribution < -0.4 is 0 Å². The van der Waals surface area contributed by atoms with E-state index in [4.69, 9.17) is 37.9 Å². The third-order valence-electron chi connectivity index (χ3n) is 16.5. The summed E-state index contributed by atoms with van der Waals surface area (Å²) in [5.41, 5.74) is 2.52. The highest BCUT2D eigenvalue weighted by Gasteiger charge is 2.65. The predicted molar refractivity (Wildman–Crippen MR) is 221 cm³/mol. The maximum absolute atomic E-state index is 12.3. The number of ether oxygens (including phenoxy) is 8. The molecule has 3 saturated heterocycles. The van der Waals surface area contributed by atoms with Gasteiger partial charge in [0.2, 0.25) is 0 Å². The van der Waals surface area contributed by atoms with Crippen LogP contribution in [0.4, 0.5) is 0 Å². The van der Waals surface area contributed by atoms with E-state index in [1.165, 1.54) is 19.4 Å². The van der Waals surface area contributed by atoms with E-state index in [1.807, 2.05) is 0 Å². The van der Waals surface area contributed by atoms with Crippen molar-refractivity contribution < 1.29 is 88.6 Å². The number of allylic oxidation sites excluding steroid dienone is 2. The molecule has 3 saturated carbocycles. The highest BCUT2D eigenvalue weighted by molar-refractivity contribution is 5.66. The molecule has 0 bridgehead atoms. The number of carbonyl (C=O) groups is 1. The van der Waals surface area contributed by atoms with Crippen LogP contribution >= 0.6 is 0 Å². The first-order valence-corrected chi connectivity index (χ1v) is 23.1. The molecule has 23 unspecified atom stereocenters. The molecular formula is C46H70O18. The lowest BCUT2D eigenvalue weighted by atomic mass is 9.46.